The molecule has 0 spiro atoms. The molecule has 0 unspecified atom stereocenters. The molecule has 9 heteroatoms. The standard InChI is InChI=1S/C25H30N4O2.3ClH/c1-2-28-25(30)22-7-10-24(11-8-22)31-16-4-14-27-19-21-12-15-29-23(17-21)9-6-20-5-3-13-26-18-20;;;/h3,5,7-8,10-13,15,17-18,27H,2,4,6,9,14,16,19H2,1H3,(H,28,30);3*1H. The summed E-state index contributed by atoms with van der Waals surface area (Å²) < 4.78 is 5.76. The van der Waals surface area contributed by atoms with Gasteiger partial charge in [-0.25, -0.2) is 0 Å². The van der Waals surface area contributed by atoms with Crippen LogP contribution < -0.4 is 15.4 Å². The molecule has 0 atom stereocenters. The molecule has 34 heavy (non-hydrogen) atoms. The zero-order valence-corrected chi connectivity index (χ0v) is 21.7. The van der Waals surface area contributed by atoms with E-state index >= 15 is 0 Å². The van der Waals surface area contributed by atoms with Crippen LogP contribution in [0, 0.1) is 0 Å². The van der Waals surface area contributed by atoms with Crippen LogP contribution in [0.25, 0.3) is 0 Å². The number of hydrogen-bond donors (Lipinski definition) is 2. The summed E-state index contributed by atoms with van der Waals surface area (Å²) in [5.41, 5.74) is 4.21. The Labute approximate surface area is 220 Å². The van der Waals surface area contributed by atoms with Crippen molar-refractivity contribution in [2.45, 2.75) is 32.7 Å². The van der Waals surface area contributed by atoms with E-state index in [9.17, 15) is 4.79 Å². The topological polar surface area (TPSA) is 76.1 Å². The van der Waals surface area contributed by atoms with Crippen molar-refractivity contribution < 1.29 is 9.53 Å². The van der Waals surface area contributed by atoms with Gasteiger partial charge in [-0.05, 0) is 86.3 Å². The molecule has 0 saturated heterocycles. The van der Waals surface area contributed by atoms with Crippen LogP contribution in [0.1, 0.15) is 40.5 Å². The van der Waals surface area contributed by atoms with Gasteiger partial charge in [-0.15, -0.1) is 37.2 Å². The average Bonchev–Trinajstić information content (AvgIpc) is 2.81. The number of benzene rings is 1. The molecule has 0 aliphatic carbocycles. The minimum atomic E-state index is -0.0606. The van der Waals surface area contributed by atoms with E-state index in [1.54, 1.807) is 18.3 Å². The minimum absolute atomic E-state index is 0. The van der Waals surface area contributed by atoms with Crippen molar-refractivity contribution in [2.75, 3.05) is 19.7 Å². The number of pyridine rings is 2. The molecule has 0 aliphatic rings. The van der Waals surface area contributed by atoms with Crippen LogP contribution in [-0.4, -0.2) is 35.6 Å². The van der Waals surface area contributed by atoms with E-state index in [0.717, 1.165) is 43.8 Å². The van der Waals surface area contributed by atoms with Crippen molar-refractivity contribution in [3.05, 3.63) is 89.5 Å². The Morgan fingerprint density at radius 3 is 2.47 bits per heavy atom. The number of amides is 1. The molecular formula is C25H33Cl3N4O2. The fourth-order valence-electron chi connectivity index (χ4n) is 3.18. The first kappa shape index (κ1) is 31.6. The number of aryl methyl sites for hydroxylation is 2. The van der Waals surface area contributed by atoms with Crippen LogP contribution in [0.3, 0.4) is 0 Å². The lowest BCUT2D eigenvalue weighted by molar-refractivity contribution is 0.0956. The fraction of sp³-hybridized carbons (Fsp3) is 0.320. The van der Waals surface area contributed by atoms with Crippen LogP contribution in [0.4, 0.5) is 0 Å². The van der Waals surface area contributed by atoms with E-state index in [-0.39, 0.29) is 43.1 Å². The lowest BCUT2D eigenvalue weighted by Crippen LogP contribution is -2.22. The van der Waals surface area contributed by atoms with E-state index in [2.05, 4.69) is 32.7 Å². The number of carbonyl (C=O) groups is 1. The van der Waals surface area contributed by atoms with E-state index < -0.39 is 0 Å². The van der Waals surface area contributed by atoms with Gasteiger partial charge in [0.05, 0.1) is 6.61 Å². The largest absolute Gasteiger partial charge is 0.494 e. The maximum absolute atomic E-state index is 11.8. The molecule has 0 fully saturated rings. The highest BCUT2D eigenvalue weighted by Crippen LogP contribution is 2.12. The average molecular weight is 528 g/mol. The number of hydrogen-bond acceptors (Lipinski definition) is 5. The molecule has 2 heterocycles. The van der Waals surface area contributed by atoms with E-state index in [1.165, 1.54) is 11.1 Å². The van der Waals surface area contributed by atoms with Crippen LogP contribution in [-0.2, 0) is 19.4 Å². The van der Waals surface area contributed by atoms with Gasteiger partial charge in [0.2, 0.25) is 0 Å². The van der Waals surface area contributed by atoms with Gasteiger partial charge >= 0.3 is 0 Å². The molecule has 0 bridgehead atoms. The second-order valence-corrected chi connectivity index (χ2v) is 7.28. The van der Waals surface area contributed by atoms with E-state index in [4.69, 9.17) is 4.74 Å². The molecule has 6 nitrogen and oxygen atoms in total. The van der Waals surface area contributed by atoms with Gasteiger partial charge in [-0.2, -0.15) is 0 Å². The van der Waals surface area contributed by atoms with Crippen molar-refractivity contribution in [1.82, 2.24) is 20.6 Å². The molecule has 3 aromatic rings. The van der Waals surface area contributed by atoms with Gasteiger partial charge < -0.3 is 15.4 Å². The molecule has 1 amide bonds. The highest BCUT2D eigenvalue weighted by atomic mass is 35.5. The van der Waals surface area contributed by atoms with E-state index in [0.29, 0.717) is 18.7 Å². The molecule has 3 rings (SSSR count). The second kappa shape index (κ2) is 18.0. The van der Waals surface area contributed by atoms with Gasteiger partial charge in [-0.3, -0.25) is 14.8 Å². The van der Waals surface area contributed by atoms with Gasteiger partial charge in [0.25, 0.3) is 5.91 Å². The summed E-state index contributed by atoms with van der Waals surface area (Å²) >= 11 is 0. The molecule has 186 valence electrons. The Bertz CT molecular complexity index is 944. The van der Waals surface area contributed by atoms with Crippen LogP contribution in [0.5, 0.6) is 5.75 Å². The van der Waals surface area contributed by atoms with Crippen LogP contribution >= 0.6 is 37.2 Å². The quantitative estimate of drug-likeness (QED) is 0.330. The van der Waals surface area contributed by atoms with Crippen LogP contribution in [0.15, 0.2) is 67.1 Å². The molecule has 2 N–H and O–H groups in total. The monoisotopic (exact) mass is 526 g/mol. The third-order valence-corrected chi connectivity index (χ3v) is 4.82. The number of halogens is 3. The predicted molar refractivity (Wildman–Crippen MR) is 144 cm³/mol. The second-order valence-electron chi connectivity index (χ2n) is 7.28. The number of nitrogens with zero attached hydrogens (tertiary/aromatic N) is 2. The summed E-state index contributed by atoms with van der Waals surface area (Å²) in [6, 6.07) is 15.5. The third kappa shape index (κ3) is 11.2. The van der Waals surface area contributed by atoms with Crippen molar-refractivity contribution in [2.24, 2.45) is 0 Å². The summed E-state index contributed by atoms with van der Waals surface area (Å²) in [7, 11) is 0. The van der Waals surface area contributed by atoms with Gasteiger partial charge in [0.15, 0.2) is 0 Å². The summed E-state index contributed by atoms with van der Waals surface area (Å²) in [5, 5.41) is 6.24. The molecule has 0 radical (unpaired) electrons. The zero-order chi connectivity index (χ0) is 21.7. The van der Waals surface area contributed by atoms with Gasteiger partial charge in [0.1, 0.15) is 5.75 Å². The SMILES string of the molecule is CCNC(=O)c1ccc(OCCCNCc2ccnc(CCc3cccnc3)c2)cc1.Cl.Cl.Cl. The minimum Gasteiger partial charge on any atom is -0.494 e. The number of rotatable bonds is 12. The number of carbonyl (C=O) groups excluding carboxylic acids is 1. The van der Waals surface area contributed by atoms with Crippen molar-refractivity contribution in [3.63, 3.8) is 0 Å². The Morgan fingerprint density at radius 2 is 1.76 bits per heavy atom. The first-order valence-electron chi connectivity index (χ1n) is 10.8. The lowest BCUT2D eigenvalue weighted by atomic mass is 10.1. The summed E-state index contributed by atoms with van der Waals surface area (Å²) in [6.07, 6.45) is 8.33. The first-order chi connectivity index (χ1) is 15.2. The van der Waals surface area contributed by atoms with Gasteiger partial charge in [-0.1, -0.05) is 6.07 Å². The van der Waals surface area contributed by atoms with Crippen molar-refractivity contribution >= 4 is 43.1 Å². The van der Waals surface area contributed by atoms with Crippen molar-refractivity contribution in [1.29, 1.82) is 0 Å². The Balaban J connectivity index is 0.00000363. The normalized spacial score (nSPS) is 9.68. The predicted octanol–water partition coefficient (Wildman–Crippen LogP) is 4.84. The summed E-state index contributed by atoms with van der Waals surface area (Å²) in [5.74, 6) is 0.718. The number of ether oxygens (including phenoxy) is 1. The van der Waals surface area contributed by atoms with Gasteiger partial charge in [0, 0.05) is 42.9 Å². The van der Waals surface area contributed by atoms with E-state index in [1.807, 2.05) is 43.6 Å². The molecule has 0 aliphatic heterocycles. The number of nitrogens with one attached hydrogen (secondary N) is 2. The maximum Gasteiger partial charge on any atom is 0.251 e. The fourth-order valence-corrected chi connectivity index (χ4v) is 3.18. The molecule has 2 aromatic heterocycles. The van der Waals surface area contributed by atoms with Crippen LogP contribution in [0.2, 0.25) is 0 Å². The zero-order valence-electron chi connectivity index (χ0n) is 19.2. The van der Waals surface area contributed by atoms with Crippen molar-refractivity contribution in [3.8, 4) is 5.75 Å². The third-order valence-electron chi connectivity index (χ3n) is 4.82. The Hall–Kier alpha value is -2.38. The maximum atomic E-state index is 11.8. The summed E-state index contributed by atoms with van der Waals surface area (Å²) in [4.78, 5) is 20.4. The first-order valence-corrected chi connectivity index (χ1v) is 10.8. The highest BCUT2D eigenvalue weighted by Gasteiger charge is 2.04. The highest BCUT2D eigenvalue weighted by molar-refractivity contribution is 5.94. The molecular weight excluding hydrogens is 495 g/mol. The Morgan fingerprint density at radius 1 is 0.971 bits per heavy atom. The summed E-state index contributed by atoms with van der Waals surface area (Å²) in [6.45, 7) is 4.82. The molecule has 0 saturated carbocycles. The lowest BCUT2D eigenvalue weighted by Gasteiger charge is -2.09. The molecule has 1 aromatic carbocycles. The Kier molecular flexibility index (Phi) is 16.8. The smallest absolute Gasteiger partial charge is 0.251 e. The number of aromatic nitrogens is 2.